The fourth-order valence-electron chi connectivity index (χ4n) is 9.03. The van der Waals surface area contributed by atoms with Crippen LogP contribution in [0, 0.1) is 33.0 Å². The molecule has 260 valence electrons. The van der Waals surface area contributed by atoms with Crippen LogP contribution >= 0.6 is 0 Å². The largest absolute Gasteiger partial charge is 0.483 e. The van der Waals surface area contributed by atoms with Crippen LogP contribution in [0.2, 0.25) is 0 Å². The topological polar surface area (TPSA) is 168 Å². The number of fused-ring (bicyclic) bond motifs is 7. The second-order valence-electron chi connectivity index (χ2n) is 16.3. The van der Waals surface area contributed by atoms with Crippen molar-refractivity contribution in [1.29, 1.82) is 5.26 Å². The average Bonchev–Trinajstić information content (AvgIpc) is 3.49. The highest BCUT2D eigenvalue weighted by atomic mass is 16.7. The first-order chi connectivity index (χ1) is 22.7. The van der Waals surface area contributed by atoms with Gasteiger partial charge in [0, 0.05) is 17.3 Å². The van der Waals surface area contributed by atoms with Gasteiger partial charge in [-0.05, 0) is 65.5 Å². The van der Waals surface area contributed by atoms with E-state index in [1.165, 1.54) is 12.1 Å². The lowest BCUT2D eigenvalue weighted by atomic mass is 9.66. The minimum Gasteiger partial charge on any atom is -0.483 e. The summed E-state index contributed by atoms with van der Waals surface area (Å²) >= 11 is 0. The second kappa shape index (κ2) is 9.64. The Morgan fingerprint density at radius 3 is 1.80 bits per heavy atom. The molecule has 2 saturated heterocycles. The minimum atomic E-state index is -1.64. The summed E-state index contributed by atoms with van der Waals surface area (Å²) in [6.07, 6.45) is -1.34. The van der Waals surface area contributed by atoms with Crippen LogP contribution < -0.4 is 10.2 Å². The van der Waals surface area contributed by atoms with Gasteiger partial charge in [-0.25, -0.2) is 9.59 Å². The smallest absolute Gasteiger partial charge is 0.351 e. The molecular weight excluding hydrogens is 634 g/mol. The Morgan fingerprint density at radius 2 is 1.35 bits per heavy atom. The molecule has 12 nitrogen and oxygen atoms in total. The number of hydrogen-bond donors (Lipinski definition) is 0. The molecule has 2 saturated carbocycles. The molecule has 0 N–H and O–H groups in total. The number of ether oxygens (including phenoxy) is 5. The number of rotatable bonds is 5. The van der Waals surface area contributed by atoms with Crippen molar-refractivity contribution in [2.24, 2.45) is 21.7 Å². The van der Waals surface area contributed by atoms with E-state index in [1.54, 1.807) is 62.3 Å². The van der Waals surface area contributed by atoms with Crippen molar-refractivity contribution in [1.82, 2.24) is 0 Å². The highest BCUT2D eigenvalue weighted by Crippen LogP contribution is 2.67. The third kappa shape index (κ3) is 3.66. The maximum atomic E-state index is 14.6. The Bertz CT molecular complexity index is 2000. The van der Waals surface area contributed by atoms with Gasteiger partial charge in [-0.3, -0.25) is 14.4 Å². The van der Waals surface area contributed by atoms with Crippen LogP contribution in [0.5, 0.6) is 5.75 Å². The van der Waals surface area contributed by atoms with E-state index in [2.05, 4.69) is 0 Å². The fraction of sp³-hybridized carbons (Fsp3) is 0.622. The number of hydrogen-bond acceptors (Lipinski definition) is 12. The predicted molar refractivity (Wildman–Crippen MR) is 170 cm³/mol. The van der Waals surface area contributed by atoms with Crippen molar-refractivity contribution in [3.05, 3.63) is 39.2 Å². The zero-order valence-corrected chi connectivity index (χ0v) is 29.3. The SMILES string of the molecule is CCc1oc2c3c(ccc2c(=O)c1C#N)OC(C)(C)[C@H](OC(=O)C12CC[C@](C)(C(=O)O1)C2(C)C)[C@@H]3OC(=O)C12CC[C@@](C)(C(=O)O1)C2(C)C. The Hall–Kier alpha value is -4.40. The standard InChI is InChI=1S/C37H41NO11/c1-10-20-19(17-38)23(39)18-11-12-21-22(24(18)44-20)25(45-29(42)36-15-13-34(8,27(40)48-36)32(36,4)5)26(31(2,3)47-21)46-30(43)37-16-14-35(9,28(41)49-37)33(37,6)7/h11-12,25-26H,10,13-16H2,1-9H3/t25-,26-,34+,35-,36?,37?/m1/s1. The van der Waals surface area contributed by atoms with E-state index in [-0.39, 0.29) is 52.9 Å². The van der Waals surface area contributed by atoms with E-state index in [1.807, 2.05) is 6.07 Å². The van der Waals surface area contributed by atoms with Gasteiger partial charge in [-0.15, -0.1) is 0 Å². The molecule has 6 atom stereocenters. The molecule has 4 heterocycles. The number of nitrogens with zero attached hydrogens (tertiary/aromatic N) is 1. The number of benzene rings is 1. The van der Waals surface area contributed by atoms with E-state index in [0.717, 1.165) is 0 Å². The molecule has 1 aromatic carbocycles. The van der Waals surface area contributed by atoms with Gasteiger partial charge in [-0.1, -0.05) is 34.6 Å². The van der Waals surface area contributed by atoms with Gasteiger partial charge in [0.15, 0.2) is 12.2 Å². The van der Waals surface area contributed by atoms with E-state index >= 15 is 0 Å². The lowest BCUT2D eigenvalue weighted by Crippen LogP contribution is -2.57. The molecule has 12 heteroatoms. The average molecular weight is 676 g/mol. The molecule has 1 aromatic heterocycles. The molecule has 4 bridgehead atoms. The summed E-state index contributed by atoms with van der Waals surface area (Å²) in [5.74, 6) is -2.33. The van der Waals surface area contributed by atoms with Crippen LogP contribution in [-0.4, -0.2) is 46.8 Å². The highest BCUT2D eigenvalue weighted by Gasteiger charge is 2.78. The molecule has 7 rings (SSSR count). The lowest BCUT2D eigenvalue weighted by molar-refractivity contribution is -0.217. The zero-order chi connectivity index (χ0) is 35.9. The Morgan fingerprint density at radius 1 is 0.816 bits per heavy atom. The van der Waals surface area contributed by atoms with Crippen LogP contribution in [0.3, 0.4) is 0 Å². The molecular formula is C37H41NO11. The van der Waals surface area contributed by atoms with Crippen molar-refractivity contribution in [2.75, 3.05) is 0 Å². The first-order valence-corrected chi connectivity index (χ1v) is 16.8. The van der Waals surface area contributed by atoms with Crippen LogP contribution in [0.25, 0.3) is 11.0 Å². The van der Waals surface area contributed by atoms with Gasteiger partial charge in [0.1, 0.15) is 34.3 Å². The molecule has 3 aliphatic heterocycles. The van der Waals surface area contributed by atoms with Crippen LogP contribution in [-0.2, 0) is 44.5 Å². The zero-order valence-electron chi connectivity index (χ0n) is 29.3. The normalized spacial score (nSPS) is 35.6. The lowest BCUT2D eigenvalue weighted by Gasteiger charge is -2.45. The number of aryl methyl sites for hydroxylation is 1. The van der Waals surface area contributed by atoms with Crippen LogP contribution in [0.4, 0.5) is 0 Å². The molecule has 0 radical (unpaired) electrons. The summed E-state index contributed by atoms with van der Waals surface area (Å²) in [4.78, 5) is 68.8. The third-order valence-corrected chi connectivity index (χ3v) is 13.5. The summed E-state index contributed by atoms with van der Waals surface area (Å²) in [5.41, 5.74) is -8.94. The summed E-state index contributed by atoms with van der Waals surface area (Å²) in [6, 6.07) is 4.93. The maximum absolute atomic E-state index is 14.6. The molecule has 49 heavy (non-hydrogen) atoms. The fourth-order valence-corrected chi connectivity index (χ4v) is 9.03. The van der Waals surface area contributed by atoms with Gasteiger partial charge >= 0.3 is 23.9 Å². The number of carbonyl (C=O) groups is 4. The van der Waals surface area contributed by atoms with Crippen LogP contribution in [0.15, 0.2) is 21.3 Å². The predicted octanol–water partition coefficient (Wildman–Crippen LogP) is 5.14. The van der Waals surface area contributed by atoms with E-state index < -0.39 is 80.0 Å². The molecule has 2 aliphatic carbocycles. The maximum Gasteiger partial charge on any atom is 0.351 e. The third-order valence-electron chi connectivity index (χ3n) is 13.5. The summed E-state index contributed by atoms with van der Waals surface area (Å²) in [5, 5.41) is 9.82. The number of carbonyl (C=O) groups excluding carboxylic acids is 4. The first kappa shape index (κ1) is 33.1. The van der Waals surface area contributed by atoms with Gasteiger partial charge in [-0.2, -0.15) is 5.26 Å². The number of esters is 4. The Labute approximate surface area is 283 Å². The minimum absolute atomic E-state index is 0.00312. The number of nitriles is 1. The van der Waals surface area contributed by atoms with Crippen molar-refractivity contribution in [3.8, 4) is 11.8 Å². The monoisotopic (exact) mass is 675 g/mol. The molecule has 0 spiro atoms. The van der Waals surface area contributed by atoms with E-state index in [0.29, 0.717) is 12.8 Å². The molecule has 0 amide bonds. The Kier molecular flexibility index (Phi) is 6.51. The van der Waals surface area contributed by atoms with Crippen molar-refractivity contribution >= 4 is 34.8 Å². The molecule has 2 unspecified atom stereocenters. The van der Waals surface area contributed by atoms with Gasteiger partial charge < -0.3 is 28.1 Å². The molecule has 5 aliphatic rings. The van der Waals surface area contributed by atoms with Crippen LogP contribution in [0.1, 0.15) is 111 Å². The summed E-state index contributed by atoms with van der Waals surface area (Å²) in [7, 11) is 0. The van der Waals surface area contributed by atoms with Gasteiger partial charge in [0.25, 0.3) is 0 Å². The molecule has 4 fully saturated rings. The highest BCUT2D eigenvalue weighted by molar-refractivity contribution is 5.95. The van der Waals surface area contributed by atoms with E-state index in [4.69, 9.17) is 28.1 Å². The van der Waals surface area contributed by atoms with Crippen molar-refractivity contribution < 1.29 is 47.3 Å². The van der Waals surface area contributed by atoms with Crippen molar-refractivity contribution in [3.63, 3.8) is 0 Å². The Balaban J connectivity index is 1.40. The quantitative estimate of drug-likeness (QED) is 0.303. The molecule has 2 aromatic rings. The summed E-state index contributed by atoms with van der Waals surface area (Å²) < 4.78 is 37.1. The van der Waals surface area contributed by atoms with Crippen molar-refractivity contribution in [2.45, 2.75) is 123 Å². The van der Waals surface area contributed by atoms with Gasteiger partial charge in [0.05, 0.1) is 21.8 Å². The first-order valence-electron chi connectivity index (χ1n) is 16.8. The van der Waals surface area contributed by atoms with E-state index in [9.17, 15) is 29.2 Å². The summed E-state index contributed by atoms with van der Waals surface area (Å²) in [6.45, 7) is 15.8. The van der Waals surface area contributed by atoms with Gasteiger partial charge in [0.2, 0.25) is 16.6 Å². The second-order valence-corrected chi connectivity index (χ2v) is 16.3.